The Morgan fingerprint density at radius 1 is 1.29 bits per heavy atom. The van der Waals surface area contributed by atoms with E-state index in [1.165, 1.54) is 16.8 Å². The van der Waals surface area contributed by atoms with Gasteiger partial charge in [-0.15, -0.1) is 0 Å². The van der Waals surface area contributed by atoms with Gasteiger partial charge in [-0.25, -0.2) is 0 Å². The zero-order valence-electron chi connectivity index (χ0n) is 11.6. The van der Waals surface area contributed by atoms with Crippen LogP contribution in [0.3, 0.4) is 0 Å². The molecule has 2 heteroatoms. The Balaban J connectivity index is 2.82. The summed E-state index contributed by atoms with van der Waals surface area (Å²) >= 11 is 0. The third kappa shape index (κ3) is 3.74. The van der Waals surface area contributed by atoms with Crippen molar-refractivity contribution in [2.45, 2.75) is 40.0 Å². The van der Waals surface area contributed by atoms with Crippen LogP contribution in [0.25, 0.3) is 0 Å². The maximum Gasteiger partial charge on any atom is 0.0405 e. The minimum absolute atomic E-state index is 0.551. The molecule has 1 aromatic carbocycles. The molecule has 2 nitrogen and oxygen atoms in total. The third-order valence-corrected chi connectivity index (χ3v) is 3.41. The number of anilines is 1. The fourth-order valence-corrected chi connectivity index (χ4v) is 2.05. The monoisotopic (exact) mass is 234 g/mol. The van der Waals surface area contributed by atoms with Gasteiger partial charge in [0.05, 0.1) is 0 Å². The van der Waals surface area contributed by atoms with E-state index in [0.29, 0.717) is 11.8 Å². The Morgan fingerprint density at radius 3 is 2.53 bits per heavy atom. The van der Waals surface area contributed by atoms with E-state index < -0.39 is 0 Å². The maximum atomic E-state index is 5.74. The largest absolute Gasteiger partial charge is 0.384 e. The molecule has 0 aliphatic rings. The van der Waals surface area contributed by atoms with Crippen LogP contribution < -0.4 is 11.1 Å². The SMILES string of the molecule is CCC(CN)CNc1c(C)cccc1C(C)C. The molecule has 1 atom stereocenters. The Hall–Kier alpha value is -1.02. The molecule has 0 aliphatic heterocycles. The fourth-order valence-electron chi connectivity index (χ4n) is 2.05. The topological polar surface area (TPSA) is 38.0 Å². The van der Waals surface area contributed by atoms with E-state index in [1.807, 2.05) is 0 Å². The highest BCUT2D eigenvalue weighted by molar-refractivity contribution is 5.58. The van der Waals surface area contributed by atoms with Crippen LogP contribution >= 0.6 is 0 Å². The molecule has 0 heterocycles. The van der Waals surface area contributed by atoms with Crippen LogP contribution in [0.15, 0.2) is 18.2 Å². The maximum absolute atomic E-state index is 5.74. The summed E-state index contributed by atoms with van der Waals surface area (Å²) in [5.74, 6) is 1.12. The molecule has 0 aliphatic carbocycles. The van der Waals surface area contributed by atoms with Crippen molar-refractivity contribution in [2.24, 2.45) is 11.7 Å². The number of hydrogen-bond donors (Lipinski definition) is 2. The summed E-state index contributed by atoms with van der Waals surface area (Å²) in [7, 11) is 0. The van der Waals surface area contributed by atoms with Crippen LogP contribution in [0.1, 0.15) is 44.2 Å². The first-order valence-electron chi connectivity index (χ1n) is 6.63. The highest BCUT2D eigenvalue weighted by Gasteiger charge is 2.10. The molecule has 1 unspecified atom stereocenters. The lowest BCUT2D eigenvalue weighted by atomic mass is 9.97. The zero-order chi connectivity index (χ0) is 12.8. The summed E-state index contributed by atoms with van der Waals surface area (Å²) in [5.41, 5.74) is 9.77. The lowest BCUT2D eigenvalue weighted by molar-refractivity contribution is 0.548. The van der Waals surface area contributed by atoms with Crippen LogP contribution in [0.5, 0.6) is 0 Å². The molecule has 1 aromatic rings. The van der Waals surface area contributed by atoms with Gasteiger partial charge in [-0.2, -0.15) is 0 Å². The van der Waals surface area contributed by atoms with Crippen LogP contribution in [-0.4, -0.2) is 13.1 Å². The predicted molar refractivity (Wildman–Crippen MR) is 76.6 cm³/mol. The van der Waals surface area contributed by atoms with Gasteiger partial charge in [0.25, 0.3) is 0 Å². The molecule has 0 aromatic heterocycles. The van der Waals surface area contributed by atoms with Crippen LogP contribution in [0, 0.1) is 12.8 Å². The van der Waals surface area contributed by atoms with E-state index in [0.717, 1.165) is 19.5 Å². The van der Waals surface area contributed by atoms with Gasteiger partial charge in [-0.3, -0.25) is 0 Å². The number of aryl methyl sites for hydroxylation is 1. The summed E-state index contributed by atoms with van der Waals surface area (Å²) in [6.45, 7) is 10.6. The Kier molecular flexibility index (Phi) is 5.49. The van der Waals surface area contributed by atoms with Gasteiger partial charge in [-0.1, -0.05) is 45.4 Å². The van der Waals surface area contributed by atoms with E-state index in [-0.39, 0.29) is 0 Å². The molecule has 0 radical (unpaired) electrons. The van der Waals surface area contributed by atoms with Gasteiger partial charge in [0.2, 0.25) is 0 Å². The van der Waals surface area contributed by atoms with Gasteiger partial charge >= 0.3 is 0 Å². The third-order valence-electron chi connectivity index (χ3n) is 3.41. The molecule has 3 N–H and O–H groups in total. The van der Waals surface area contributed by atoms with Crippen molar-refractivity contribution >= 4 is 5.69 Å². The summed E-state index contributed by atoms with van der Waals surface area (Å²) < 4.78 is 0. The summed E-state index contributed by atoms with van der Waals surface area (Å²) in [5, 5.41) is 3.58. The second-order valence-corrected chi connectivity index (χ2v) is 5.08. The number of nitrogens with two attached hydrogens (primary N) is 1. The molecule has 0 bridgehead atoms. The van der Waals surface area contributed by atoms with Crippen molar-refractivity contribution in [1.29, 1.82) is 0 Å². The first kappa shape index (κ1) is 14.0. The molecular weight excluding hydrogens is 208 g/mol. The molecule has 0 saturated heterocycles. The second kappa shape index (κ2) is 6.65. The van der Waals surface area contributed by atoms with Crippen LogP contribution in [-0.2, 0) is 0 Å². The first-order valence-corrected chi connectivity index (χ1v) is 6.63. The summed E-state index contributed by atoms with van der Waals surface area (Å²) in [4.78, 5) is 0. The normalized spacial score (nSPS) is 12.8. The Morgan fingerprint density at radius 2 is 2.00 bits per heavy atom. The number of rotatable bonds is 6. The molecule has 0 saturated carbocycles. The highest BCUT2D eigenvalue weighted by Crippen LogP contribution is 2.27. The van der Waals surface area contributed by atoms with Crippen LogP contribution in [0.4, 0.5) is 5.69 Å². The average Bonchev–Trinajstić information content (AvgIpc) is 2.31. The Bertz CT molecular complexity index is 341. The number of nitrogens with one attached hydrogen (secondary N) is 1. The predicted octanol–water partition coefficient (Wildman–Crippen LogP) is 3.52. The minimum Gasteiger partial charge on any atom is -0.384 e. The van der Waals surface area contributed by atoms with Gasteiger partial charge in [0, 0.05) is 12.2 Å². The summed E-state index contributed by atoms with van der Waals surface area (Å²) in [6.07, 6.45) is 1.13. The lowest BCUT2D eigenvalue weighted by Crippen LogP contribution is -2.22. The molecule has 1 rings (SSSR count). The van der Waals surface area contributed by atoms with E-state index in [4.69, 9.17) is 5.73 Å². The first-order chi connectivity index (χ1) is 8.10. The van der Waals surface area contributed by atoms with Gasteiger partial charge in [0.15, 0.2) is 0 Å². The molecular formula is C15H26N2. The number of para-hydroxylation sites is 1. The van der Waals surface area contributed by atoms with Crippen molar-refractivity contribution in [3.8, 4) is 0 Å². The van der Waals surface area contributed by atoms with E-state index in [2.05, 4.69) is 51.2 Å². The molecule has 0 amide bonds. The standard InChI is InChI=1S/C15H26N2/c1-5-13(9-16)10-17-15-12(4)7-6-8-14(15)11(2)3/h6-8,11,13,17H,5,9-10,16H2,1-4H3. The Labute approximate surface area is 106 Å². The van der Waals surface area contributed by atoms with E-state index >= 15 is 0 Å². The highest BCUT2D eigenvalue weighted by atomic mass is 14.9. The molecule has 96 valence electrons. The van der Waals surface area contributed by atoms with E-state index in [1.54, 1.807) is 0 Å². The van der Waals surface area contributed by atoms with Gasteiger partial charge in [-0.05, 0) is 36.4 Å². The molecule has 0 spiro atoms. The van der Waals surface area contributed by atoms with Crippen molar-refractivity contribution < 1.29 is 0 Å². The van der Waals surface area contributed by atoms with Crippen molar-refractivity contribution in [2.75, 3.05) is 18.4 Å². The van der Waals surface area contributed by atoms with Crippen LogP contribution in [0.2, 0.25) is 0 Å². The van der Waals surface area contributed by atoms with Crippen molar-refractivity contribution in [3.63, 3.8) is 0 Å². The smallest absolute Gasteiger partial charge is 0.0405 e. The number of benzene rings is 1. The van der Waals surface area contributed by atoms with Crippen molar-refractivity contribution in [1.82, 2.24) is 0 Å². The zero-order valence-corrected chi connectivity index (χ0v) is 11.6. The summed E-state index contributed by atoms with van der Waals surface area (Å²) in [6, 6.07) is 6.51. The van der Waals surface area contributed by atoms with Crippen molar-refractivity contribution in [3.05, 3.63) is 29.3 Å². The average molecular weight is 234 g/mol. The number of hydrogen-bond acceptors (Lipinski definition) is 2. The lowest BCUT2D eigenvalue weighted by Gasteiger charge is -2.20. The minimum atomic E-state index is 0.551. The molecule has 0 fully saturated rings. The quantitative estimate of drug-likeness (QED) is 0.790. The van der Waals surface area contributed by atoms with Gasteiger partial charge in [0.1, 0.15) is 0 Å². The fraction of sp³-hybridized carbons (Fsp3) is 0.600. The second-order valence-electron chi connectivity index (χ2n) is 5.08. The molecule has 17 heavy (non-hydrogen) atoms. The van der Waals surface area contributed by atoms with Gasteiger partial charge < -0.3 is 11.1 Å². The van der Waals surface area contributed by atoms with E-state index in [9.17, 15) is 0 Å².